The first-order valence-electron chi connectivity index (χ1n) is 11.9. The third kappa shape index (κ3) is 4.53. The van der Waals surface area contributed by atoms with Crippen molar-refractivity contribution >= 4 is 21.7 Å². The van der Waals surface area contributed by atoms with Crippen LogP contribution < -0.4 is 10.0 Å². The molecule has 1 heterocycles. The summed E-state index contributed by atoms with van der Waals surface area (Å²) < 4.78 is 30.2. The van der Waals surface area contributed by atoms with Gasteiger partial charge in [0.2, 0.25) is 0 Å². The van der Waals surface area contributed by atoms with E-state index in [0.29, 0.717) is 0 Å². The second kappa shape index (κ2) is 9.10. The van der Waals surface area contributed by atoms with Crippen LogP contribution in [-0.4, -0.2) is 43.2 Å². The van der Waals surface area contributed by atoms with Gasteiger partial charge in [0, 0.05) is 17.8 Å². The number of nitrogens with one attached hydrogen (secondary N) is 2. The quantitative estimate of drug-likeness (QED) is 0.634. The summed E-state index contributed by atoms with van der Waals surface area (Å²) in [5.41, 5.74) is 6.51. The Morgan fingerprint density at radius 3 is 2.21 bits per heavy atom. The highest BCUT2D eigenvalue weighted by molar-refractivity contribution is 7.90. The molecule has 4 rings (SSSR count). The first-order chi connectivity index (χ1) is 15.6. The lowest BCUT2D eigenvalue weighted by Crippen LogP contribution is -2.35. The number of carbonyl (C=O) groups excluding carboxylic acids is 1. The maximum absolute atomic E-state index is 13.1. The molecule has 1 aromatic carbocycles. The van der Waals surface area contributed by atoms with E-state index < -0.39 is 16.1 Å². The predicted octanol–water partition coefficient (Wildman–Crippen LogP) is 3.96. The Morgan fingerprint density at radius 1 is 1.09 bits per heavy atom. The molecule has 8 nitrogen and oxygen atoms in total. The molecule has 2 aliphatic carbocycles. The van der Waals surface area contributed by atoms with Gasteiger partial charge in [0.05, 0.1) is 11.7 Å². The number of aryl methyl sites for hydroxylation is 2. The predicted molar refractivity (Wildman–Crippen MR) is 129 cm³/mol. The van der Waals surface area contributed by atoms with Gasteiger partial charge >= 0.3 is 6.03 Å². The molecule has 2 N–H and O–H groups in total. The van der Waals surface area contributed by atoms with E-state index in [1.807, 2.05) is 32.8 Å². The highest BCUT2D eigenvalue weighted by Gasteiger charge is 2.29. The molecule has 0 radical (unpaired) electrons. The maximum Gasteiger partial charge on any atom is 0.333 e. The van der Waals surface area contributed by atoms with Crippen LogP contribution in [0.3, 0.4) is 0 Å². The monoisotopic (exact) mass is 473 g/mol. The largest absolute Gasteiger partial charge is 0.333 e. The Bertz CT molecular complexity index is 1130. The van der Waals surface area contributed by atoms with Crippen molar-refractivity contribution in [3.05, 3.63) is 40.1 Å². The lowest BCUT2D eigenvalue weighted by atomic mass is 9.99. The number of fused-ring (bicyclic) bond motifs is 2. The first-order valence-corrected chi connectivity index (χ1v) is 13.4. The molecule has 0 fully saturated rings. The van der Waals surface area contributed by atoms with Gasteiger partial charge in [-0.25, -0.2) is 9.52 Å². The molecule has 1 aromatic heterocycles. The Labute approximate surface area is 196 Å². The first kappa shape index (κ1) is 23.8. The van der Waals surface area contributed by atoms with Crippen LogP contribution in [0.15, 0.2) is 17.2 Å². The molecule has 0 spiro atoms. The van der Waals surface area contributed by atoms with Gasteiger partial charge < -0.3 is 10.2 Å². The number of nitrogens with zero attached hydrogens (tertiary/aromatic N) is 3. The molecule has 180 valence electrons. The average molecular weight is 474 g/mol. The van der Waals surface area contributed by atoms with Crippen LogP contribution >= 0.6 is 0 Å². The van der Waals surface area contributed by atoms with Gasteiger partial charge in [0.25, 0.3) is 10.0 Å². The van der Waals surface area contributed by atoms with Crippen molar-refractivity contribution in [2.75, 3.05) is 19.4 Å². The second-order valence-corrected chi connectivity index (χ2v) is 11.3. The highest BCUT2D eigenvalue weighted by Crippen LogP contribution is 2.38. The Balaban J connectivity index is 1.60. The van der Waals surface area contributed by atoms with E-state index in [2.05, 4.69) is 28.1 Å². The Kier molecular flexibility index (Phi) is 6.55. The summed E-state index contributed by atoms with van der Waals surface area (Å²) >= 11 is 0. The number of benzene rings is 1. The number of sulfonamides is 1. The molecule has 0 saturated carbocycles. The minimum atomic E-state index is -4.12. The molecule has 2 aliphatic rings. The number of carbonyl (C=O) groups is 1. The molecule has 0 bridgehead atoms. The zero-order valence-electron chi connectivity index (χ0n) is 20.2. The van der Waals surface area contributed by atoms with E-state index >= 15 is 0 Å². The third-order valence-electron chi connectivity index (χ3n) is 6.80. The minimum absolute atomic E-state index is 0.0127. The van der Waals surface area contributed by atoms with Crippen molar-refractivity contribution in [2.45, 2.75) is 82.8 Å². The minimum Gasteiger partial charge on any atom is -0.307 e. The van der Waals surface area contributed by atoms with Crippen LogP contribution in [0.4, 0.5) is 10.5 Å². The zero-order valence-corrected chi connectivity index (χ0v) is 21.1. The normalized spacial score (nSPS) is 16.2. The number of amides is 2. The van der Waals surface area contributed by atoms with Crippen LogP contribution in [0.1, 0.15) is 80.1 Å². The van der Waals surface area contributed by atoms with Gasteiger partial charge in [0.1, 0.15) is 0 Å². The van der Waals surface area contributed by atoms with E-state index in [0.717, 1.165) is 67.5 Å². The van der Waals surface area contributed by atoms with Crippen molar-refractivity contribution in [2.24, 2.45) is 0 Å². The molecule has 1 unspecified atom stereocenters. The van der Waals surface area contributed by atoms with Gasteiger partial charge in [-0.3, -0.25) is 4.68 Å². The van der Waals surface area contributed by atoms with E-state index in [9.17, 15) is 13.2 Å². The van der Waals surface area contributed by atoms with Gasteiger partial charge in [-0.05, 0) is 95.1 Å². The number of urea groups is 1. The number of hydrogen-bond donors (Lipinski definition) is 2. The zero-order chi connectivity index (χ0) is 23.9. The number of anilines is 1. The van der Waals surface area contributed by atoms with Gasteiger partial charge in [-0.1, -0.05) is 13.0 Å². The van der Waals surface area contributed by atoms with E-state index in [-0.39, 0.29) is 17.1 Å². The fourth-order valence-electron chi connectivity index (χ4n) is 5.30. The van der Waals surface area contributed by atoms with Crippen LogP contribution in [0, 0.1) is 0 Å². The Morgan fingerprint density at radius 2 is 1.70 bits per heavy atom. The summed E-state index contributed by atoms with van der Waals surface area (Å²) in [5.74, 6) is 0. The van der Waals surface area contributed by atoms with Gasteiger partial charge in [-0.15, -0.1) is 0 Å². The van der Waals surface area contributed by atoms with E-state index in [4.69, 9.17) is 0 Å². The van der Waals surface area contributed by atoms with Crippen molar-refractivity contribution in [3.63, 3.8) is 0 Å². The molecule has 1 atom stereocenters. The summed E-state index contributed by atoms with van der Waals surface area (Å²) in [5, 5.41) is 7.13. The topological polar surface area (TPSA) is 96.3 Å². The Hall–Kier alpha value is -2.39. The van der Waals surface area contributed by atoms with Crippen LogP contribution in [0.5, 0.6) is 0 Å². The van der Waals surface area contributed by atoms with Crippen molar-refractivity contribution < 1.29 is 13.2 Å². The number of aromatic nitrogens is 2. The highest BCUT2D eigenvalue weighted by atomic mass is 32.2. The summed E-state index contributed by atoms with van der Waals surface area (Å²) in [4.78, 5) is 14.9. The third-order valence-corrected chi connectivity index (χ3v) is 8.00. The summed E-state index contributed by atoms with van der Waals surface area (Å²) in [7, 11) is -0.201. The molecular formula is C24H35N5O3S. The van der Waals surface area contributed by atoms with E-state index in [1.54, 1.807) is 10.7 Å². The molecule has 2 amide bonds. The lowest BCUT2D eigenvalue weighted by Gasteiger charge is -2.24. The SMILES string of the molecule is CCC(c1cc(S(=O)(=O)NC(=O)Nc2c3c(cc4c2CCC4)CCC3)nn1C(C)C)N(C)C. The maximum atomic E-state index is 13.1. The standard InChI is InChI=1S/C24H35N5O3S/c1-6-20(28(4)5)21-14-22(26-29(21)15(2)3)33(31,32)27-24(30)25-23-18-11-7-9-16(18)13-17-10-8-12-19(17)23/h13-15,20H,6-12H2,1-5H3,(H2,25,27,30). The molecule has 0 saturated heterocycles. The molecule has 33 heavy (non-hydrogen) atoms. The van der Waals surface area contributed by atoms with Gasteiger partial charge in [-0.2, -0.15) is 13.5 Å². The lowest BCUT2D eigenvalue weighted by molar-refractivity contribution is 0.256. The summed E-state index contributed by atoms with van der Waals surface area (Å²) in [6.07, 6.45) is 6.78. The van der Waals surface area contributed by atoms with Crippen molar-refractivity contribution in [1.82, 2.24) is 19.4 Å². The molecular weight excluding hydrogens is 438 g/mol. The molecule has 2 aromatic rings. The van der Waals surface area contributed by atoms with Crippen LogP contribution in [-0.2, 0) is 35.7 Å². The fraction of sp³-hybridized carbons (Fsp3) is 0.583. The smallest absolute Gasteiger partial charge is 0.307 e. The molecule has 0 aliphatic heterocycles. The number of hydrogen-bond acceptors (Lipinski definition) is 5. The summed E-state index contributed by atoms with van der Waals surface area (Å²) in [6.45, 7) is 5.98. The van der Waals surface area contributed by atoms with Crippen molar-refractivity contribution in [1.29, 1.82) is 0 Å². The number of rotatable bonds is 7. The molecule has 9 heteroatoms. The van der Waals surface area contributed by atoms with Gasteiger partial charge in [0.15, 0.2) is 5.03 Å². The second-order valence-electron chi connectivity index (χ2n) is 9.63. The van der Waals surface area contributed by atoms with E-state index in [1.165, 1.54) is 11.1 Å². The van der Waals surface area contributed by atoms with Crippen molar-refractivity contribution in [3.8, 4) is 0 Å². The van der Waals surface area contributed by atoms with Crippen LogP contribution in [0.2, 0.25) is 0 Å². The van der Waals surface area contributed by atoms with Crippen LogP contribution in [0.25, 0.3) is 0 Å². The summed E-state index contributed by atoms with van der Waals surface area (Å²) in [6, 6.07) is 3.14. The fourth-order valence-corrected chi connectivity index (χ4v) is 6.17. The average Bonchev–Trinajstić information content (AvgIpc) is 3.46.